The van der Waals surface area contributed by atoms with Crippen LogP contribution in [0.2, 0.25) is 0 Å². The minimum absolute atomic E-state index is 0.349. The summed E-state index contributed by atoms with van der Waals surface area (Å²) in [6.45, 7) is 9.15. The molecule has 1 aliphatic rings. The Morgan fingerprint density at radius 1 is 1.65 bits per heavy atom. The van der Waals surface area contributed by atoms with Gasteiger partial charge in [0.2, 0.25) is 0 Å². The van der Waals surface area contributed by atoms with Crippen LogP contribution in [0, 0.1) is 5.92 Å². The molecule has 0 bridgehead atoms. The number of aliphatic imine (C=N–C) groups is 1. The Labute approximate surface area is 126 Å². The number of halogens is 1. The number of amidine groups is 1. The maximum absolute atomic E-state index is 6.23. The van der Waals surface area contributed by atoms with Crippen molar-refractivity contribution in [1.82, 2.24) is 5.32 Å². The van der Waals surface area contributed by atoms with Gasteiger partial charge < -0.3 is 16.8 Å². The largest absolute Gasteiger partial charge is 0.398 e. The van der Waals surface area contributed by atoms with E-state index in [-0.39, 0.29) is 5.38 Å². The molecular weight excluding hydrogens is 272 g/mol. The zero-order chi connectivity index (χ0) is 15.1. The summed E-state index contributed by atoms with van der Waals surface area (Å²) in [5.74, 6) is 0.999. The highest BCUT2D eigenvalue weighted by molar-refractivity contribution is 6.24. The third kappa shape index (κ3) is 5.13. The van der Waals surface area contributed by atoms with Gasteiger partial charge in [0.1, 0.15) is 5.84 Å². The van der Waals surface area contributed by atoms with Crippen LogP contribution in [0.25, 0.3) is 0 Å². The summed E-state index contributed by atoms with van der Waals surface area (Å²) in [5, 5.41) is 2.89. The normalized spacial score (nSPS) is 20.8. The van der Waals surface area contributed by atoms with Crippen LogP contribution in [0.3, 0.4) is 0 Å². The van der Waals surface area contributed by atoms with E-state index in [0.717, 1.165) is 24.2 Å². The van der Waals surface area contributed by atoms with Crippen LogP contribution in [0.1, 0.15) is 20.3 Å². The SMILES string of the molecule is C=C(/C=C(\N)C1=CN=C(N)C=CC1Cl)NCC(C)CC. The monoisotopic (exact) mass is 294 g/mol. The Hall–Kier alpha value is -1.68. The second-order valence-electron chi connectivity index (χ2n) is 4.92. The molecule has 1 aliphatic heterocycles. The highest BCUT2D eigenvalue weighted by Crippen LogP contribution is 2.19. The van der Waals surface area contributed by atoms with E-state index >= 15 is 0 Å². The molecule has 0 aromatic rings. The van der Waals surface area contributed by atoms with Crippen molar-refractivity contribution in [3.8, 4) is 0 Å². The average molecular weight is 295 g/mol. The van der Waals surface area contributed by atoms with Crippen LogP contribution in [0.15, 0.2) is 53.0 Å². The van der Waals surface area contributed by atoms with E-state index in [1.165, 1.54) is 0 Å². The highest BCUT2D eigenvalue weighted by atomic mass is 35.5. The first kappa shape index (κ1) is 16.4. The van der Waals surface area contributed by atoms with Crippen LogP contribution >= 0.6 is 11.6 Å². The topological polar surface area (TPSA) is 76.4 Å². The second-order valence-corrected chi connectivity index (χ2v) is 5.39. The molecule has 5 heteroatoms. The van der Waals surface area contributed by atoms with Gasteiger partial charge in [-0.25, -0.2) is 4.99 Å². The molecule has 0 amide bonds. The minimum Gasteiger partial charge on any atom is -0.398 e. The second kappa shape index (κ2) is 7.80. The molecule has 20 heavy (non-hydrogen) atoms. The predicted octanol–water partition coefficient (Wildman–Crippen LogP) is 2.40. The molecular formula is C15H23ClN4. The Morgan fingerprint density at radius 3 is 3.00 bits per heavy atom. The van der Waals surface area contributed by atoms with Crippen molar-refractivity contribution >= 4 is 17.4 Å². The number of nitrogens with zero attached hydrogens (tertiary/aromatic N) is 1. The first-order chi connectivity index (χ1) is 9.43. The third-order valence-corrected chi connectivity index (χ3v) is 3.50. The van der Waals surface area contributed by atoms with Gasteiger partial charge in [0.15, 0.2) is 0 Å². The van der Waals surface area contributed by atoms with Crippen LogP contribution in [0.4, 0.5) is 0 Å². The predicted molar refractivity (Wildman–Crippen MR) is 87.4 cm³/mol. The fourth-order valence-electron chi connectivity index (χ4n) is 1.55. The van der Waals surface area contributed by atoms with Gasteiger partial charge in [-0.2, -0.15) is 0 Å². The van der Waals surface area contributed by atoms with E-state index in [2.05, 4.69) is 30.7 Å². The molecule has 0 fully saturated rings. The lowest BCUT2D eigenvalue weighted by molar-refractivity contribution is 0.533. The zero-order valence-corrected chi connectivity index (χ0v) is 12.8. The molecule has 1 rings (SSSR count). The van der Waals surface area contributed by atoms with Crippen LogP contribution in [-0.4, -0.2) is 17.8 Å². The smallest absolute Gasteiger partial charge is 0.123 e. The summed E-state index contributed by atoms with van der Waals surface area (Å²) < 4.78 is 0. The highest BCUT2D eigenvalue weighted by Gasteiger charge is 2.13. The third-order valence-electron chi connectivity index (χ3n) is 3.12. The maximum atomic E-state index is 6.23. The summed E-state index contributed by atoms with van der Waals surface area (Å²) in [6.07, 6.45) is 7.92. The molecule has 0 saturated heterocycles. The van der Waals surface area contributed by atoms with Crippen molar-refractivity contribution < 1.29 is 0 Å². The lowest BCUT2D eigenvalue weighted by atomic mass is 10.1. The summed E-state index contributed by atoms with van der Waals surface area (Å²) in [5.41, 5.74) is 13.7. The number of rotatable bonds is 6. The number of allylic oxidation sites excluding steroid dienone is 3. The Balaban J connectivity index is 2.73. The molecule has 0 saturated carbocycles. The van der Waals surface area contributed by atoms with Crippen molar-refractivity contribution in [3.63, 3.8) is 0 Å². The molecule has 0 aromatic heterocycles. The minimum atomic E-state index is -0.349. The van der Waals surface area contributed by atoms with Crippen molar-refractivity contribution in [1.29, 1.82) is 0 Å². The quantitative estimate of drug-likeness (QED) is 0.520. The molecule has 110 valence electrons. The van der Waals surface area contributed by atoms with E-state index in [4.69, 9.17) is 23.1 Å². The average Bonchev–Trinajstić information content (AvgIpc) is 2.58. The van der Waals surface area contributed by atoms with E-state index in [1.54, 1.807) is 24.4 Å². The fraction of sp³-hybridized carbons (Fsp3) is 0.400. The molecule has 1 heterocycles. The Kier molecular flexibility index (Phi) is 6.39. The van der Waals surface area contributed by atoms with Gasteiger partial charge in [0, 0.05) is 29.7 Å². The van der Waals surface area contributed by atoms with E-state index < -0.39 is 0 Å². The van der Waals surface area contributed by atoms with E-state index in [1.807, 2.05) is 0 Å². The van der Waals surface area contributed by atoms with Crippen LogP contribution in [-0.2, 0) is 0 Å². The zero-order valence-electron chi connectivity index (χ0n) is 12.1. The fourth-order valence-corrected chi connectivity index (χ4v) is 1.81. The first-order valence-corrected chi connectivity index (χ1v) is 7.13. The van der Waals surface area contributed by atoms with Crippen molar-refractivity contribution in [2.75, 3.05) is 6.54 Å². The van der Waals surface area contributed by atoms with Crippen LogP contribution < -0.4 is 16.8 Å². The van der Waals surface area contributed by atoms with E-state index in [0.29, 0.717) is 17.5 Å². The summed E-state index contributed by atoms with van der Waals surface area (Å²) in [7, 11) is 0. The van der Waals surface area contributed by atoms with Crippen molar-refractivity contribution in [2.45, 2.75) is 25.6 Å². The first-order valence-electron chi connectivity index (χ1n) is 6.70. The lowest BCUT2D eigenvalue weighted by Crippen LogP contribution is -2.20. The van der Waals surface area contributed by atoms with Gasteiger partial charge in [-0.1, -0.05) is 32.9 Å². The molecule has 2 unspecified atom stereocenters. The molecule has 2 atom stereocenters. The van der Waals surface area contributed by atoms with Gasteiger partial charge in [0.05, 0.1) is 5.38 Å². The number of nitrogens with one attached hydrogen (secondary N) is 1. The number of hydrogen-bond acceptors (Lipinski definition) is 4. The van der Waals surface area contributed by atoms with Gasteiger partial charge >= 0.3 is 0 Å². The van der Waals surface area contributed by atoms with Gasteiger partial charge in [0.25, 0.3) is 0 Å². The number of nitrogens with two attached hydrogens (primary N) is 2. The summed E-state index contributed by atoms with van der Waals surface area (Å²) >= 11 is 6.23. The molecule has 4 nitrogen and oxygen atoms in total. The van der Waals surface area contributed by atoms with Gasteiger partial charge in [-0.15, -0.1) is 11.6 Å². The maximum Gasteiger partial charge on any atom is 0.123 e. The van der Waals surface area contributed by atoms with Crippen molar-refractivity contribution in [3.05, 3.63) is 48.0 Å². The molecule has 0 aliphatic carbocycles. The number of alkyl halides is 1. The summed E-state index contributed by atoms with van der Waals surface area (Å²) in [4.78, 5) is 4.06. The Morgan fingerprint density at radius 2 is 2.35 bits per heavy atom. The molecule has 0 aromatic carbocycles. The number of hydrogen-bond donors (Lipinski definition) is 3. The summed E-state index contributed by atoms with van der Waals surface area (Å²) in [6, 6.07) is 0. The lowest BCUT2D eigenvalue weighted by Gasteiger charge is -2.13. The van der Waals surface area contributed by atoms with E-state index in [9.17, 15) is 0 Å². The van der Waals surface area contributed by atoms with Gasteiger partial charge in [-0.05, 0) is 18.1 Å². The molecule has 0 spiro atoms. The van der Waals surface area contributed by atoms with Crippen molar-refractivity contribution in [2.24, 2.45) is 22.4 Å². The molecule has 0 radical (unpaired) electrons. The van der Waals surface area contributed by atoms with Gasteiger partial charge in [-0.3, -0.25) is 0 Å². The van der Waals surface area contributed by atoms with Crippen LogP contribution in [0.5, 0.6) is 0 Å². The molecule has 5 N–H and O–H groups in total. The standard InChI is InChI=1S/C15H23ClN4/c1-4-10(2)8-19-11(3)7-14(17)12-9-20-15(18)6-5-13(12)16/h5-7,9-10,13,19H,3-4,8,17H2,1-2H3,(H2,18,20)/b14-7-. The Bertz CT molecular complexity index is 474.